The van der Waals surface area contributed by atoms with Crippen molar-refractivity contribution in [2.24, 2.45) is 17.8 Å². The molecule has 0 radical (unpaired) electrons. The number of cyclic esters (lactones) is 1. The van der Waals surface area contributed by atoms with Gasteiger partial charge in [0.05, 0.1) is 13.2 Å². The first-order valence-electron chi connectivity index (χ1n) is 15.8. The van der Waals surface area contributed by atoms with Crippen LogP contribution < -0.4 is 10.4 Å². The standard InChI is InChI=1S/C38H50O4Si/c1-28(2)34(29(3)4)24-23-31-25-35(41-37(31)39)36(27-40-26-30-17-11-8-12-18-30)42-43(38(5,6)7,32-19-13-9-14-20-32)33-21-15-10-16-22-33/h8-23,28-29,34-36H,24-27H2,1-7H3/b31-23+/t35-,36-/m0/s1. The molecule has 43 heavy (non-hydrogen) atoms. The molecule has 0 saturated carbocycles. The van der Waals surface area contributed by atoms with E-state index in [1.807, 2.05) is 30.3 Å². The Kier molecular flexibility index (Phi) is 11.2. The minimum absolute atomic E-state index is 0.212. The molecule has 0 amide bonds. The summed E-state index contributed by atoms with van der Waals surface area (Å²) in [5.41, 5.74) is 1.86. The Morgan fingerprint density at radius 3 is 1.84 bits per heavy atom. The van der Waals surface area contributed by atoms with E-state index >= 15 is 0 Å². The van der Waals surface area contributed by atoms with Crippen molar-refractivity contribution < 1.29 is 18.7 Å². The van der Waals surface area contributed by atoms with Crippen LogP contribution in [0.15, 0.2) is 103 Å². The predicted molar refractivity (Wildman–Crippen MR) is 179 cm³/mol. The fraction of sp³-hybridized carbons (Fsp3) is 0.447. The highest BCUT2D eigenvalue weighted by Gasteiger charge is 2.53. The molecule has 0 spiro atoms. The van der Waals surface area contributed by atoms with Crippen molar-refractivity contribution in [1.29, 1.82) is 0 Å². The largest absolute Gasteiger partial charge is 0.456 e. The van der Waals surface area contributed by atoms with Crippen LogP contribution in [0.3, 0.4) is 0 Å². The van der Waals surface area contributed by atoms with E-state index < -0.39 is 20.5 Å². The van der Waals surface area contributed by atoms with Crippen molar-refractivity contribution in [3.63, 3.8) is 0 Å². The third-order valence-corrected chi connectivity index (χ3v) is 13.9. The van der Waals surface area contributed by atoms with Crippen molar-refractivity contribution in [2.45, 2.75) is 85.2 Å². The lowest BCUT2D eigenvalue weighted by atomic mass is 9.82. The van der Waals surface area contributed by atoms with E-state index in [1.165, 1.54) is 10.4 Å². The van der Waals surface area contributed by atoms with Crippen molar-refractivity contribution in [1.82, 2.24) is 0 Å². The molecule has 2 atom stereocenters. The molecule has 230 valence electrons. The lowest BCUT2D eigenvalue weighted by Crippen LogP contribution is -2.68. The fourth-order valence-electron chi connectivity index (χ4n) is 6.52. The normalized spacial score (nSPS) is 17.7. The van der Waals surface area contributed by atoms with Crippen LogP contribution in [0.2, 0.25) is 5.04 Å². The number of carbonyl (C=O) groups excluding carboxylic acids is 1. The molecular formula is C38H50O4Si. The smallest absolute Gasteiger partial charge is 0.334 e. The SMILES string of the molecule is CC(C)C(C/C=C1\C[C@@H]([C@H](COCc2ccccc2)O[Si](c2ccccc2)(c2ccccc2)C(C)(C)C)OC1=O)C(C)C. The van der Waals surface area contributed by atoms with Gasteiger partial charge in [0.15, 0.2) is 0 Å². The van der Waals surface area contributed by atoms with Gasteiger partial charge in [0, 0.05) is 12.0 Å². The Labute approximate surface area is 260 Å². The molecule has 1 aliphatic heterocycles. The first-order valence-corrected chi connectivity index (χ1v) is 17.7. The molecule has 1 heterocycles. The van der Waals surface area contributed by atoms with Crippen molar-refractivity contribution in [3.05, 3.63) is 108 Å². The number of ether oxygens (including phenoxy) is 2. The molecule has 5 heteroatoms. The Balaban J connectivity index is 1.70. The zero-order valence-corrected chi connectivity index (χ0v) is 28.1. The second-order valence-corrected chi connectivity index (χ2v) is 17.8. The van der Waals surface area contributed by atoms with Gasteiger partial charge in [-0.1, -0.05) is 146 Å². The maximum atomic E-state index is 13.3. The summed E-state index contributed by atoms with van der Waals surface area (Å²) in [5, 5.41) is 2.17. The van der Waals surface area contributed by atoms with Gasteiger partial charge in [-0.05, 0) is 45.1 Å². The van der Waals surface area contributed by atoms with Gasteiger partial charge < -0.3 is 13.9 Å². The number of hydrogen-bond donors (Lipinski definition) is 0. The summed E-state index contributed by atoms with van der Waals surface area (Å²) in [4.78, 5) is 13.3. The van der Waals surface area contributed by atoms with Crippen molar-refractivity contribution in [3.8, 4) is 0 Å². The average Bonchev–Trinajstić information content (AvgIpc) is 3.35. The summed E-state index contributed by atoms with van der Waals surface area (Å²) >= 11 is 0. The minimum atomic E-state index is -2.91. The number of carbonyl (C=O) groups is 1. The fourth-order valence-corrected chi connectivity index (χ4v) is 11.2. The lowest BCUT2D eigenvalue weighted by molar-refractivity contribution is -0.144. The molecule has 0 unspecified atom stereocenters. The van der Waals surface area contributed by atoms with E-state index in [1.54, 1.807) is 0 Å². The number of allylic oxidation sites excluding steroid dienone is 1. The highest BCUT2D eigenvalue weighted by atomic mass is 28.4. The predicted octanol–water partition coefficient (Wildman–Crippen LogP) is 7.71. The highest BCUT2D eigenvalue weighted by Crippen LogP contribution is 2.39. The van der Waals surface area contributed by atoms with Crippen LogP contribution in [0.4, 0.5) is 0 Å². The lowest BCUT2D eigenvalue weighted by Gasteiger charge is -2.45. The Morgan fingerprint density at radius 2 is 1.35 bits per heavy atom. The first kappa shape index (κ1) is 32.9. The second-order valence-electron chi connectivity index (χ2n) is 13.6. The van der Waals surface area contributed by atoms with Gasteiger partial charge in [-0.3, -0.25) is 0 Å². The molecule has 4 rings (SSSR count). The molecule has 0 bridgehead atoms. The topological polar surface area (TPSA) is 44.8 Å². The van der Waals surface area contributed by atoms with Gasteiger partial charge in [0.2, 0.25) is 0 Å². The summed E-state index contributed by atoms with van der Waals surface area (Å²) in [6.45, 7) is 16.6. The first-order chi connectivity index (χ1) is 20.5. The zero-order valence-electron chi connectivity index (χ0n) is 27.1. The van der Waals surface area contributed by atoms with Gasteiger partial charge in [-0.15, -0.1) is 0 Å². The van der Waals surface area contributed by atoms with E-state index in [0.29, 0.717) is 37.4 Å². The number of esters is 1. The quantitative estimate of drug-likeness (QED) is 0.115. The van der Waals surface area contributed by atoms with E-state index in [9.17, 15) is 4.79 Å². The van der Waals surface area contributed by atoms with Crippen LogP contribution in [-0.2, 0) is 25.3 Å². The van der Waals surface area contributed by atoms with Crippen LogP contribution in [0.1, 0.15) is 66.9 Å². The van der Waals surface area contributed by atoms with Gasteiger partial charge >= 0.3 is 5.97 Å². The van der Waals surface area contributed by atoms with Crippen LogP contribution in [0.5, 0.6) is 0 Å². The molecule has 3 aromatic carbocycles. The molecule has 0 aliphatic carbocycles. The van der Waals surface area contributed by atoms with Gasteiger partial charge in [-0.2, -0.15) is 0 Å². The highest BCUT2D eigenvalue weighted by molar-refractivity contribution is 6.99. The van der Waals surface area contributed by atoms with E-state index in [-0.39, 0.29) is 11.0 Å². The zero-order chi connectivity index (χ0) is 31.0. The third-order valence-electron chi connectivity index (χ3n) is 8.84. The minimum Gasteiger partial charge on any atom is -0.456 e. The van der Waals surface area contributed by atoms with E-state index in [0.717, 1.165) is 17.6 Å². The van der Waals surface area contributed by atoms with Crippen molar-refractivity contribution >= 4 is 24.7 Å². The molecule has 0 N–H and O–H groups in total. The molecule has 0 aromatic heterocycles. The number of rotatable bonds is 13. The average molecular weight is 599 g/mol. The summed E-state index contributed by atoms with van der Waals surface area (Å²) < 4.78 is 20.0. The van der Waals surface area contributed by atoms with Crippen LogP contribution in [0, 0.1) is 17.8 Å². The monoisotopic (exact) mass is 598 g/mol. The van der Waals surface area contributed by atoms with Crippen LogP contribution in [-0.4, -0.2) is 33.1 Å². The second kappa shape index (κ2) is 14.7. The maximum absolute atomic E-state index is 13.3. The Morgan fingerprint density at radius 1 is 0.837 bits per heavy atom. The Bertz CT molecular complexity index is 1260. The third kappa shape index (κ3) is 7.94. The van der Waals surface area contributed by atoms with Crippen LogP contribution >= 0.6 is 0 Å². The van der Waals surface area contributed by atoms with Crippen molar-refractivity contribution in [2.75, 3.05) is 6.61 Å². The van der Waals surface area contributed by atoms with Gasteiger partial charge in [0.1, 0.15) is 12.2 Å². The maximum Gasteiger partial charge on any atom is 0.334 e. The van der Waals surface area contributed by atoms with Gasteiger partial charge in [0.25, 0.3) is 8.32 Å². The molecule has 3 aromatic rings. The van der Waals surface area contributed by atoms with E-state index in [4.69, 9.17) is 13.9 Å². The molecule has 1 aliphatic rings. The molecule has 1 fully saturated rings. The van der Waals surface area contributed by atoms with Gasteiger partial charge in [-0.25, -0.2) is 4.79 Å². The Hall–Kier alpha value is -2.99. The summed E-state index contributed by atoms with van der Waals surface area (Å²) in [7, 11) is -2.91. The molecular weight excluding hydrogens is 549 g/mol. The summed E-state index contributed by atoms with van der Waals surface area (Å²) in [5.74, 6) is 1.37. The molecule has 1 saturated heterocycles. The van der Waals surface area contributed by atoms with Crippen LogP contribution in [0.25, 0.3) is 0 Å². The number of benzene rings is 3. The summed E-state index contributed by atoms with van der Waals surface area (Å²) in [6.07, 6.45) is 2.66. The number of hydrogen-bond acceptors (Lipinski definition) is 4. The summed E-state index contributed by atoms with van der Waals surface area (Å²) in [6, 6.07) is 31.4. The van der Waals surface area contributed by atoms with E-state index in [2.05, 4.69) is 115 Å². The molecule has 4 nitrogen and oxygen atoms in total.